The molecule has 0 aliphatic heterocycles. The highest BCUT2D eigenvalue weighted by Crippen LogP contribution is 2.38. The van der Waals surface area contributed by atoms with Crippen LogP contribution in [0.2, 0.25) is 0 Å². The maximum absolute atomic E-state index is 5.84. The maximum Gasteiger partial charge on any atom is 0.222 e. The van der Waals surface area contributed by atoms with Crippen molar-refractivity contribution in [2.24, 2.45) is 0 Å². The van der Waals surface area contributed by atoms with Crippen molar-refractivity contribution in [2.75, 3.05) is 18.6 Å². The average molecular weight is 377 g/mol. The zero-order chi connectivity index (χ0) is 20.5. The maximum atomic E-state index is 5.84. The summed E-state index contributed by atoms with van der Waals surface area (Å²) in [6, 6.07) is 9.25. The summed E-state index contributed by atoms with van der Waals surface area (Å²) in [5.74, 6) is 4.58. The Morgan fingerprint density at radius 1 is 1.04 bits per heavy atom. The molecule has 4 N–H and O–H groups in total. The van der Waals surface area contributed by atoms with Crippen molar-refractivity contribution in [1.29, 1.82) is 0 Å². The summed E-state index contributed by atoms with van der Waals surface area (Å²) in [6.45, 7) is 4.04. The van der Waals surface area contributed by atoms with Crippen LogP contribution in [0.25, 0.3) is 0 Å². The van der Waals surface area contributed by atoms with Crippen LogP contribution in [0.15, 0.2) is 48.9 Å². The molecular formula is C21H23N5O2. The summed E-state index contributed by atoms with van der Waals surface area (Å²) in [4.78, 5) is 11.5. The third kappa shape index (κ3) is 5.11. The number of rotatable bonds is 4. The number of benzene rings is 1. The molecule has 0 aliphatic carbocycles. The normalized spacial score (nSPS) is 9.82. The van der Waals surface area contributed by atoms with E-state index in [2.05, 4.69) is 20.9 Å². The largest absolute Gasteiger partial charge is 0.495 e. The van der Waals surface area contributed by atoms with E-state index in [0.717, 1.165) is 5.56 Å². The van der Waals surface area contributed by atoms with Gasteiger partial charge >= 0.3 is 0 Å². The molecule has 1 aromatic carbocycles. The lowest BCUT2D eigenvalue weighted by Crippen LogP contribution is -2.04. The second kappa shape index (κ2) is 9.78. The minimum atomic E-state index is 0.0907. The monoisotopic (exact) mass is 377 g/mol. The molecule has 0 unspecified atom stereocenters. The van der Waals surface area contributed by atoms with E-state index in [1.165, 1.54) is 6.20 Å². The molecular weight excluding hydrogens is 354 g/mol. The van der Waals surface area contributed by atoms with Gasteiger partial charge < -0.3 is 20.9 Å². The van der Waals surface area contributed by atoms with Crippen molar-refractivity contribution < 1.29 is 9.47 Å². The van der Waals surface area contributed by atoms with Crippen LogP contribution in [0.4, 0.5) is 11.8 Å². The molecule has 0 saturated heterocycles. The van der Waals surface area contributed by atoms with Crippen LogP contribution >= 0.6 is 0 Å². The number of aromatic nitrogens is 3. The Balaban J connectivity index is 0.000000397. The van der Waals surface area contributed by atoms with Crippen molar-refractivity contribution in [2.45, 2.75) is 19.8 Å². The summed E-state index contributed by atoms with van der Waals surface area (Å²) in [5, 5.41) is 0. The fraction of sp³-hybridized carbons (Fsp3) is 0.190. The molecule has 0 aliphatic rings. The lowest BCUT2D eigenvalue weighted by atomic mass is 9.95. The number of methoxy groups -OCH3 is 1. The number of nitrogen functional groups attached to an aromatic ring is 2. The van der Waals surface area contributed by atoms with Gasteiger partial charge in [-0.05, 0) is 30.2 Å². The highest BCUT2D eigenvalue weighted by Gasteiger charge is 2.18. The predicted molar refractivity (Wildman–Crippen MR) is 110 cm³/mol. The molecule has 3 rings (SSSR count). The van der Waals surface area contributed by atoms with Crippen molar-refractivity contribution in [3.63, 3.8) is 0 Å². The van der Waals surface area contributed by atoms with E-state index >= 15 is 0 Å². The Morgan fingerprint density at radius 2 is 1.71 bits per heavy atom. The summed E-state index contributed by atoms with van der Waals surface area (Å²) in [6.07, 6.45) is 10.6. The molecule has 2 heterocycles. The number of nitrogens with two attached hydrogens (primary N) is 2. The lowest BCUT2D eigenvalue weighted by molar-refractivity contribution is 0.409. The molecule has 0 fully saturated rings. The van der Waals surface area contributed by atoms with Gasteiger partial charge in [0, 0.05) is 18.0 Å². The molecule has 0 bridgehead atoms. The molecule has 0 radical (unpaired) electrons. The van der Waals surface area contributed by atoms with E-state index in [1.54, 1.807) is 31.6 Å². The van der Waals surface area contributed by atoms with Gasteiger partial charge in [-0.25, -0.2) is 4.98 Å². The quantitative estimate of drug-likeness (QED) is 0.668. The van der Waals surface area contributed by atoms with Gasteiger partial charge in [0.25, 0.3) is 0 Å². The summed E-state index contributed by atoms with van der Waals surface area (Å²) in [5.41, 5.74) is 12.8. The standard InChI is InChI=1S/C16H18N4O2.C5H5N/c1-5-10-11(21-4)6-7-12(14(10)9(2)3)22-13-8-19-16(18)20-15(13)17;1-2-4-6-5-3-1/h1,6-9H,2-4H3,(H4,17,18,19,20);1-5H. The van der Waals surface area contributed by atoms with Crippen LogP contribution in [-0.2, 0) is 0 Å². The second-order valence-corrected chi connectivity index (χ2v) is 5.96. The Hall–Kier alpha value is -3.79. The first-order chi connectivity index (χ1) is 13.5. The average Bonchev–Trinajstić information content (AvgIpc) is 2.71. The molecule has 28 heavy (non-hydrogen) atoms. The highest BCUT2D eigenvalue weighted by atomic mass is 16.5. The Kier molecular flexibility index (Phi) is 7.17. The third-order valence-electron chi connectivity index (χ3n) is 3.70. The number of hydrogen-bond acceptors (Lipinski definition) is 7. The predicted octanol–water partition coefficient (Wildman–Crippen LogP) is 3.63. The molecule has 7 heteroatoms. The van der Waals surface area contributed by atoms with Crippen LogP contribution in [0.3, 0.4) is 0 Å². The van der Waals surface area contributed by atoms with E-state index in [-0.39, 0.29) is 17.7 Å². The molecule has 0 spiro atoms. The first-order valence-corrected chi connectivity index (χ1v) is 8.56. The molecule has 0 amide bonds. The second-order valence-electron chi connectivity index (χ2n) is 5.96. The topological polar surface area (TPSA) is 109 Å². The van der Waals surface area contributed by atoms with Gasteiger partial charge in [0.15, 0.2) is 11.6 Å². The summed E-state index contributed by atoms with van der Waals surface area (Å²) < 4.78 is 11.1. The minimum Gasteiger partial charge on any atom is -0.495 e. The van der Waals surface area contributed by atoms with Crippen molar-refractivity contribution >= 4 is 11.8 Å². The van der Waals surface area contributed by atoms with Gasteiger partial charge in [0.2, 0.25) is 5.95 Å². The van der Waals surface area contributed by atoms with Crippen LogP contribution in [0.5, 0.6) is 17.2 Å². The number of terminal acetylenes is 1. The number of ether oxygens (including phenoxy) is 2. The van der Waals surface area contributed by atoms with E-state index in [0.29, 0.717) is 22.8 Å². The summed E-state index contributed by atoms with van der Waals surface area (Å²) >= 11 is 0. The van der Waals surface area contributed by atoms with Crippen LogP contribution < -0.4 is 20.9 Å². The minimum absolute atomic E-state index is 0.0907. The van der Waals surface area contributed by atoms with E-state index in [1.807, 2.05) is 32.0 Å². The van der Waals surface area contributed by atoms with Crippen LogP contribution in [0.1, 0.15) is 30.9 Å². The number of anilines is 2. The zero-order valence-corrected chi connectivity index (χ0v) is 16.1. The van der Waals surface area contributed by atoms with Crippen LogP contribution in [0, 0.1) is 12.3 Å². The highest BCUT2D eigenvalue weighted by molar-refractivity contribution is 5.59. The number of nitrogens with zero attached hydrogens (tertiary/aromatic N) is 3. The Labute approximate surface area is 164 Å². The van der Waals surface area contributed by atoms with E-state index in [4.69, 9.17) is 27.4 Å². The molecule has 144 valence electrons. The van der Waals surface area contributed by atoms with Crippen molar-refractivity contribution in [1.82, 2.24) is 15.0 Å². The smallest absolute Gasteiger partial charge is 0.222 e. The first-order valence-electron chi connectivity index (χ1n) is 8.56. The van der Waals surface area contributed by atoms with Crippen LogP contribution in [-0.4, -0.2) is 22.1 Å². The van der Waals surface area contributed by atoms with E-state index in [9.17, 15) is 0 Å². The van der Waals surface area contributed by atoms with Gasteiger partial charge in [-0.2, -0.15) is 4.98 Å². The van der Waals surface area contributed by atoms with E-state index < -0.39 is 0 Å². The number of pyridine rings is 1. The third-order valence-corrected chi connectivity index (χ3v) is 3.70. The molecule has 0 atom stereocenters. The fourth-order valence-electron chi connectivity index (χ4n) is 2.47. The van der Waals surface area contributed by atoms with Gasteiger partial charge in [0.05, 0.1) is 18.9 Å². The van der Waals surface area contributed by atoms with Gasteiger partial charge in [-0.1, -0.05) is 25.8 Å². The fourth-order valence-corrected chi connectivity index (χ4v) is 2.47. The first kappa shape index (κ1) is 20.5. The molecule has 7 nitrogen and oxygen atoms in total. The lowest BCUT2D eigenvalue weighted by Gasteiger charge is -2.18. The van der Waals surface area contributed by atoms with Gasteiger partial charge in [0.1, 0.15) is 11.5 Å². The van der Waals surface area contributed by atoms with Gasteiger partial charge in [-0.3, -0.25) is 4.98 Å². The van der Waals surface area contributed by atoms with Crippen molar-refractivity contribution in [3.05, 3.63) is 60.0 Å². The zero-order valence-electron chi connectivity index (χ0n) is 16.1. The Bertz CT molecular complexity index is 926. The SMILES string of the molecule is C#Cc1c(OC)ccc(Oc2cnc(N)nc2N)c1C(C)C.c1ccncc1. The Morgan fingerprint density at radius 3 is 2.18 bits per heavy atom. The molecule has 3 aromatic rings. The molecule has 0 saturated carbocycles. The molecule has 2 aromatic heterocycles. The van der Waals surface area contributed by atoms with Gasteiger partial charge in [-0.15, -0.1) is 6.42 Å². The number of hydrogen-bond donors (Lipinski definition) is 2. The van der Waals surface area contributed by atoms with Crippen molar-refractivity contribution in [3.8, 4) is 29.6 Å². The summed E-state index contributed by atoms with van der Waals surface area (Å²) in [7, 11) is 1.58.